The molecular weight excluding hydrogens is 287 g/mol. The predicted molar refractivity (Wildman–Crippen MR) is 79.6 cm³/mol. The van der Waals surface area contributed by atoms with E-state index in [0.29, 0.717) is 10.0 Å². The summed E-state index contributed by atoms with van der Waals surface area (Å²) in [4.78, 5) is 4.59. The minimum absolute atomic E-state index is 0.562. The zero-order valence-electron chi connectivity index (χ0n) is 9.83. The van der Waals surface area contributed by atoms with Crippen LogP contribution in [0.2, 0.25) is 10.0 Å². The van der Waals surface area contributed by atoms with Gasteiger partial charge in [-0.25, -0.2) is 4.98 Å². The van der Waals surface area contributed by atoms with Gasteiger partial charge in [-0.1, -0.05) is 35.3 Å². The second kappa shape index (κ2) is 6.53. The molecule has 0 radical (unpaired) electrons. The predicted octanol–water partition coefficient (Wildman–Crippen LogP) is 4.40. The highest BCUT2D eigenvalue weighted by Crippen LogP contribution is 2.33. The molecule has 2 aromatic rings. The lowest BCUT2D eigenvalue weighted by atomic mass is 10.2. The molecular formula is C13H14Cl2N2S. The van der Waals surface area contributed by atoms with E-state index in [1.54, 1.807) is 17.4 Å². The first-order valence-electron chi connectivity index (χ1n) is 5.81. The third-order valence-electron chi connectivity index (χ3n) is 2.62. The molecule has 5 heteroatoms. The summed E-state index contributed by atoms with van der Waals surface area (Å²) in [5.41, 5.74) is 7.27. The lowest BCUT2D eigenvalue weighted by molar-refractivity contribution is 0.742. The van der Waals surface area contributed by atoms with Crippen LogP contribution in [0.25, 0.3) is 11.3 Å². The van der Waals surface area contributed by atoms with E-state index in [0.717, 1.165) is 42.1 Å². The maximum atomic E-state index is 6.18. The zero-order chi connectivity index (χ0) is 13.0. The number of unbranched alkanes of at least 4 members (excludes halogenated alkanes) is 1. The van der Waals surface area contributed by atoms with Crippen molar-refractivity contribution in [1.82, 2.24) is 4.98 Å². The van der Waals surface area contributed by atoms with Crippen LogP contribution in [-0.4, -0.2) is 11.5 Å². The van der Waals surface area contributed by atoms with Gasteiger partial charge in [0.05, 0.1) is 20.7 Å². The van der Waals surface area contributed by atoms with Gasteiger partial charge in [0.1, 0.15) is 0 Å². The fourth-order valence-electron chi connectivity index (χ4n) is 1.67. The number of aryl methyl sites for hydroxylation is 1. The number of halogens is 2. The molecule has 1 aromatic heterocycles. The molecule has 0 bridgehead atoms. The van der Waals surface area contributed by atoms with Crippen molar-refractivity contribution in [3.05, 3.63) is 38.6 Å². The van der Waals surface area contributed by atoms with E-state index in [1.165, 1.54) is 0 Å². The zero-order valence-corrected chi connectivity index (χ0v) is 12.2. The molecule has 0 aliphatic rings. The van der Waals surface area contributed by atoms with Gasteiger partial charge in [-0.2, -0.15) is 0 Å². The highest BCUT2D eigenvalue weighted by Gasteiger charge is 2.10. The van der Waals surface area contributed by atoms with Crippen molar-refractivity contribution in [2.45, 2.75) is 19.3 Å². The van der Waals surface area contributed by atoms with Crippen LogP contribution in [0.15, 0.2) is 23.6 Å². The number of aromatic nitrogens is 1. The molecule has 0 atom stereocenters. The molecule has 1 heterocycles. The minimum Gasteiger partial charge on any atom is -0.330 e. The van der Waals surface area contributed by atoms with Crippen molar-refractivity contribution in [3.63, 3.8) is 0 Å². The van der Waals surface area contributed by atoms with E-state index in [-0.39, 0.29) is 0 Å². The highest BCUT2D eigenvalue weighted by molar-refractivity contribution is 7.09. The Morgan fingerprint density at radius 2 is 2.06 bits per heavy atom. The molecule has 0 saturated carbocycles. The van der Waals surface area contributed by atoms with Crippen molar-refractivity contribution in [2.75, 3.05) is 6.54 Å². The number of thiazole rings is 1. The third kappa shape index (κ3) is 3.23. The Kier molecular flexibility index (Phi) is 5.01. The van der Waals surface area contributed by atoms with E-state index in [9.17, 15) is 0 Å². The van der Waals surface area contributed by atoms with E-state index in [2.05, 4.69) is 4.98 Å². The number of benzene rings is 1. The maximum Gasteiger partial charge on any atom is 0.0932 e. The smallest absolute Gasteiger partial charge is 0.0932 e. The van der Waals surface area contributed by atoms with Crippen LogP contribution in [0.1, 0.15) is 17.8 Å². The van der Waals surface area contributed by atoms with Crippen LogP contribution in [0.4, 0.5) is 0 Å². The van der Waals surface area contributed by atoms with Crippen molar-refractivity contribution < 1.29 is 0 Å². The van der Waals surface area contributed by atoms with E-state index < -0.39 is 0 Å². The van der Waals surface area contributed by atoms with Crippen LogP contribution in [-0.2, 0) is 6.42 Å². The first kappa shape index (κ1) is 13.8. The molecule has 96 valence electrons. The molecule has 2 rings (SSSR count). The summed E-state index contributed by atoms with van der Waals surface area (Å²) in [7, 11) is 0. The van der Waals surface area contributed by atoms with Gasteiger partial charge in [-0.3, -0.25) is 0 Å². The van der Waals surface area contributed by atoms with Crippen LogP contribution in [0.5, 0.6) is 0 Å². The molecule has 2 N–H and O–H groups in total. The Hall–Kier alpha value is -0.610. The molecule has 0 fully saturated rings. The van der Waals surface area contributed by atoms with Crippen molar-refractivity contribution in [1.29, 1.82) is 0 Å². The van der Waals surface area contributed by atoms with Gasteiger partial charge < -0.3 is 5.73 Å². The largest absolute Gasteiger partial charge is 0.330 e. The SMILES string of the molecule is NCCCCc1nc(-c2cccc(Cl)c2Cl)cs1. The number of nitrogens with two attached hydrogens (primary N) is 1. The third-order valence-corrected chi connectivity index (χ3v) is 4.35. The van der Waals surface area contributed by atoms with Crippen LogP contribution >= 0.6 is 34.5 Å². The van der Waals surface area contributed by atoms with E-state index >= 15 is 0 Å². The summed E-state index contributed by atoms with van der Waals surface area (Å²) in [6.07, 6.45) is 3.08. The van der Waals surface area contributed by atoms with Crippen molar-refractivity contribution in [2.24, 2.45) is 5.73 Å². The first-order valence-corrected chi connectivity index (χ1v) is 7.45. The van der Waals surface area contributed by atoms with E-state index in [4.69, 9.17) is 28.9 Å². The summed E-state index contributed by atoms with van der Waals surface area (Å²) < 4.78 is 0. The Bertz CT molecular complexity index is 525. The van der Waals surface area contributed by atoms with Gasteiger partial charge in [0.25, 0.3) is 0 Å². The van der Waals surface area contributed by atoms with Gasteiger partial charge in [0, 0.05) is 10.9 Å². The normalized spacial score (nSPS) is 10.8. The Balaban J connectivity index is 2.16. The van der Waals surface area contributed by atoms with Gasteiger partial charge in [-0.05, 0) is 31.9 Å². The summed E-state index contributed by atoms with van der Waals surface area (Å²) in [6, 6.07) is 5.60. The Morgan fingerprint density at radius 1 is 1.22 bits per heavy atom. The van der Waals surface area contributed by atoms with E-state index in [1.807, 2.05) is 17.5 Å². The number of hydrogen-bond donors (Lipinski definition) is 1. The summed E-state index contributed by atoms with van der Waals surface area (Å²) in [5, 5.41) is 4.27. The molecule has 0 aliphatic heterocycles. The van der Waals surface area contributed by atoms with Crippen molar-refractivity contribution >= 4 is 34.5 Å². The standard InChI is InChI=1S/C13H14Cl2N2S/c14-10-5-3-4-9(13(10)15)11-8-18-12(17-11)6-1-2-7-16/h3-5,8H,1-2,6-7,16H2. The number of rotatable bonds is 5. The minimum atomic E-state index is 0.562. The quantitative estimate of drug-likeness (QED) is 0.831. The van der Waals surface area contributed by atoms with Gasteiger partial charge >= 0.3 is 0 Å². The average molecular weight is 301 g/mol. The average Bonchev–Trinajstić information content (AvgIpc) is 2.82. The molecule has 0 saturated heterocycles. The lowest BCUT2D eigenvalue weighted by Crippen LogP contribution is -1.98. The molecule has 2 nitrogen and oxygen atoms in total. The monoisotopic (exact) mass is 300 g/mol. The fourth-order valence-corrected chi connectivity index (χ4v) is 2.91. The Morgan fingerprint density at radius 3 is 2.83 bits per heavy atom. The fraction of sp³-hybridized carbons (Fsp3) is 0.308. The number of nitrogens with zero attached hydrogens (tertiary/aromatic N) is 1. The van der Waals surface area contributed by atoms with Crippen LogP contribution in [0, 0.1) is 0 Å². The molecule has 1 aromatic carbocycles. The molecule has 18 heavy (non-hydrogen) atoms. The van der Waals surface area contributed by atoms with Gasteiger partial charge in [0.2, 0.25) is 0 Å². The molecule has 0 unspecified atom stereocenters. The van der Waals surface area contributed by atoms with Gasteiger partial charge in [0.15, 0.2) is 0 Å². The van der Waals surface area contributed by atoms with Gasteiger partial charge in [-0.15, -0.1) is 11.3 Å². The van der Waals surface area contributed by atoms with Crippen LogP contribution in [0.3, 0.4) is 0 Å². The summed E-state index contributed by atoms with van der Waals surface area (Å²) >= 11 is 13.8. The molecule has 0 aliphatic carbocycles. The lowest BCUT2D eigenvalue weighted by Gasteiger charge is -2.02. The Labute approximate surface area is 121 Å². The second-order valence-electron chi connectivity index (χ2n) is 3.97. The summed E-state index contributed by atoms with van der Waals surface area (Å²) in [6.45, 7) is 0.734. The van der Waals surface area contributed by atoms with Crippen LogP contribution < -0.4 is 5.73 Å². The first-order chi connectivity index (χ1) is 8.72. The maximum absolute atomic E-state index is 6.18. The molecule has 0 amide bonds. The topological polar surface area (TPSA) is 38.9 Å². The highest BCUT2D eigenvalue weighted by atomic mass is 35.5. The second-order valence-corrected chi connectivity index (χ2v) is 5.70. The number of hydrogen-bond acceptors (Lipinski definition) is 3. The summed E-state index contributed by atoms with van der Waals surface area (Å²) in [5.74, 6) is 0. The molecule has 0 spiro atoms. The van der Waals surface area contributed by atoms with Crippen molar-refractivity contribution in [3.8, 4) is 11.3 Å².